The third kappa shape index (κ3) is 2.24. The Balaban J connectivity index is 5.39. The highest BCUT2D eigenvalue weighted by molar-refractivity contribution is 5.80. The second-order valence-corrected chi connectivity index (χ2v) is 2.83. The summed E-state index contributed by atoms with van der Waals surface area (Å²) in [6.07, 6.45) is -4.38. The summed E-state index contributed by atoms with van der Waals surface area (Å²) in [5, 5.41) is 30.9. The fourth-order valence-electron chi connectivity index (χ4n) is 0.808. The summed E-state index contributed by atoms with van der Waals surface area (Å²) in [7, 11) is 0. The molecule has 0 aromatic heterocycles. The van der Waals surface area contributed by atoms with E-state index in [4.69, 9.17) is 0 Å². The number of alkyl halides is 1. The Morgan fingerprint density at radius 1 is 1.19 bits per heavy atom. The summed E-state index contributed by atoms with van der Waals surface area (Å²) >= 11 is 0. The van der Waals surface area contributed by atoms with E-state index < -0.39 is 38.9 Å². The number of nitrogens with zero attached hydrogens (tertiary/aromatic N) is 3. The molecule has 1 atom stereocenters. The van der Waals surface area contributed by atoms with Gasteiger partial charge in [0.15, 0.2) is 26.7 Å². The molecule has 0 aromatic rings. The van der Waals surface area contributed by atoms with Crippen LogP contribution < -0.4 is 0 Å². The first-order valence-electron chi connectivity index (χ1n) is 3.74. The molecule has 0 bridgehead atoms. The van der Waals surface area contributed by atoms with Gasteiger partial charge in [0.05, 0.1) is 0 Å². The van der Waals surface area contributed by atoms with Crippen molar-refractivity contribution in [2.24, 2.45) is 0 Å². The van der Waals surface area contributed by atoms with Gasteiger partial charge in [-0.05, 0) is 6.92 Å². The lowest BCUT2D eigenvalue weighted by Crippen LogP contribution is -2.55. The van der Waals surface area contributed by atoms with Gasteiger partial charge in [0.2, 0.25) is 6.42 Å². The van der Waals surface area contributed by atoms with Crippen LogP contribution in [0.5, 0.6) is 0 Å². The van der Waals surface area contributed by atoms with E-state index in [9.17, 15) is 39.5 Å². The second kappa shape index (κ2) is 4.55. The molecule has 0 N–H and O–H groups in total. The summed E-state index contributed by atoms with van der Waals surface area (Å²) in [6, 6.07) is 0. The van der Waals surface area contributed by atoms with Gasteiger partial charge in [0.25, 0.3) is 0 Å². The Bertz CT molecular complexity index is 320. The lowest BCUT2D eigenvalue weighted by Gasteiger charge is -2.09. The molecule has 11 heteroatoms. The molecule has 0 spiro atoms. The molecule has 0 radical (unpaired) electrons. The fraction of sp³-hybridized carbons (Fsp3) is 0.800. The van der Waals surface area contributed by atoms with E-state index in [1.807, 2.05) is 0 Å². The summed E-state index contributed by atoms with van der Waals surface area (Å²) < 4.78 is 12.8. The quantitative estimate of drug-likeness (QED) is 0.353. The van der Waals surface area contributed by atoms with Crippen LogP contribution in [0.4, 0.5) is 4.39 Å². The molecule has 0 aliphatic carbocycles. The molecule has 0 aliphatic rings. The van der Waals surface area contributed by atoms with Crippen molar-refractivity contribution in [3.8, 4) is 0 Å². The van der Waals surface area contributed by atoms with Gasteiger partial charge in [0.1, 0.15) is 0 Å². The number of nitro groups is 3. The molecular formula is C5H6FN3O7. The Morgan fingerprint density at radius 2 is 1.50 bits per heavy atom. The number of Topliss-reactive ketones (excluding diaryl/α,β-unsaturated/α-hetero) is 1. The first-order chi connectivity index (χ1) is 7.16. The molecule has 0 aliphatic heterocycles. The Kier molecular flexibility index (Phi) is 3.92. The van der Waals surface area contributed by atoms with E-state index in [1.54, 1.807) is 0 Å². The number of hydrogen-bond acceptors (Lipinski definition) is 7. The van der Waals surface area contributed by atoms with Gasteiger partial charge >= 0.3 is 5.79 Å². The molecule has 0 saturated carbocycles. The Morgan fingerprint density at radius 3 is 1.69 bits per heavy atom. The number of hydrogen-bond donors (Lipinski definition) is 0. The maximum Gasteiger partial charge on any atom is 0.703 e. The van der Waals surface area contributed by atoms with Crippen LogP contribution in [0.25, 0.3) is 0 Å². The van der Waals surface area contributed by atoms with Gasteiger partial charge < -0.3 is 0 Å². The maximum atomic E-state index is 12.8. The predicted octanol–water partition coefficient (Wildman–Crippen LogP) is -0.213. The number of carbonyl (C=O) groups excluding carboxylic acids is 1. The molecule has 0 amide bonds. The summed E-state index contributed by atoms with van der Waals surface area (Å²) in [4.78, 5) is 35.9. The zero-order chi connectivity index (χ0) is 13.1. The third-order valence-electron chi connectivity index (χ3n) is 1.77. The zero-order valence-corrected chi connectivity index (χ0v) is 7.86. The van der Waals surface area contributed by atoms with Gasteiger partial charge in [-0.2, -0.15) is 0 Å². The van der Waals surface area contributed by atoms with Crippen LogP contribution in [0.1, 0.15) is 13.3 Å². The average Bonchev–Trinajstić information content (AvgIpc) is 2.11. The lowest BCUT2D eigenvalue weighted by atomic mass is 10.1. The zero-order valence-electron chi connectivity index (χ0n) is 7.86. The van der Waals surface area contributed by atoms with Gasteiger partial charge in [-0.25, -0.2) is 4.39 Å². The van der Waals surface area contributed by atoms with Crippen molar-refractivity contribution in [1.29, 1.82) is 0 Å². The first kappa shape index (κ1) is 13.8. The van der Waals surface area contributed by atoms with E-state index >= 15 is 0 Å². The number of ketones is 1. The van der Waals surface area contributed by atoms with E-state index in [2.05, 4.69) is 0 Å². The topological polar surface area (TPSA) is 146 Å². The largest absolute Gasteiger partial charge is 0.703 e. The van der Waals surface area contributed by atoms with Gasteiger partial charge in [-0.1, -0.05) is 0 Å². The number of carbonyl (C=O) groups is 1. The number of halogens is 1. The van der Waals surface area contributed by atoms with E-state index in [0.717, 1.165) is 0 Å². The van der Waals surface area contributed by atoms with Crippen LogP contribution in [0.2, 0.25) is 0 Å². The van der Waals surface area contributed by atoms with Crippen LogP contribution in [0, 0.1) is 30.3 Å². The van der Waals surface area contributed by atoms with E-state index in [1.165, 1.54) is 0 Å². The second-order valence-electron chi connectivity index (χ2n) is 2.83. The van der Waals surface area contributed by atoms with Crippen molar-refractivity contribution < 1.29 is 24.0 Å². The van der Waals surface area contributed by atoms with Crippen LogP contribution in [-0.2, 0) is 4.79 Å². The van der Waals surface area contributed by atoms with Crippen molar-refractivity contribution in [2.75, 3.05) is 0 Å². The molecule has 90 valence electrons. The molecule has 0 rings (SSSR count). The standard InChI is InChI=1S/C5H6FN3O7/c1-3(10)4(6)2-5(7(11)12,8(13)14)9(15)16/h4H,2H2,1H3. The summed E-state index contributed by atoms with van der Waals surface area (Å²) in [6.45, 7) is 0.676. The normalized spacial score (nSPS) is 12.9. The Hall–Kier alpha value is -2.20. The van der Waals surface area contributed by atoms with Crippen molar-refractivity contribution in [1.82, 2.24) is 0 Å². The SMILES string of the molecule is CC(=O)C(F)CC([N+](=O)[O-])([N+](=O)[O-])[N+](=O)[O-]. The Labute approximate surface area is 86.5 Å². The average molecular weight is 239 g/mol. The fourth-order valence-corrected chi connectivity index (χ4v) is 0.808. The minimum atomic E-state index is -3.93. The molecule has 0 saturated heterocycles. The highest BCUT2D eigenvalue weighted by Gasteiger charge is 2.71. The molecule has 1 unspecified atom stereocenters. The summed E-state index contributed by atoms with van der Waals surface area (Å²) in [5.41, 5.74) is 0. The number of rotatable bonds is 6. The van der Waals surface area contributed by atoms with Crippen LogP contribution in [0.3, 0.4) is 0 Å². The molecule has 10 nitrogen and oxygen atoms in total. The smallest absolute Gasteiger partial charge is 0.297 e. The van der Waals surface area contributed by atoms with E-state index in [-0.39, 0.29) is 0 Å². The van der Waals surface area contributed by atoms with Crippen molar-refractivity contribution in [3.63, 3.8) is 0 Å². The highest BCUT2D eigenvalue weighted by atomic mass is 19.1. The van der Waals surface area contributed by atoms with Crippen LogP contribution >= 0.6 is 0 Å². The van der Waals surface area contributed by atoms with Crippen molar-refractivity contribution in [2.45, 2.75) is 25.3 Å². The minimum absolute atomic E-state index is 0.676. The molecule has 0 fully saturated rings. The predicted molar refractivity (Wildman–Crippen MR) is 43.9 cm³/mol. The molecule has 16 heavy (non-hydrogen) atoms. The van der Waals surface area contributed by atoms with Gasteiger partial charge in [0, 0.05) is 0 Å². The molecular weight excluding hydrogens is 233 g/mol. The first-order valence-corrected chi connectivity index (χ1v) is 3.74. The maximum absolute atomic E-state index is 12.8. The van der Waals surface area contributed by atoms with Crippen LogP contribution in [-0.4, -0.2) is 32.5 Å². The monoisotopic (exact) mass is 239 g/mol. The van der Waals surface area contributed by atoms with Crippen molar-refractivity contribution in [3.05, 3.63) is 30.3 Å². The van der Waals surface area contributed by atoms with E-state index in [0.29, 0.717) is 6.92 Å². The molecule has 0 heterocycles. The van der Waals surface area contributed by atoms with Crippen molar-refractivity contribution >= 4 is 5.78 Å². The third-order valence-corrected chi connectivity index (χ3v) is 1.77. The minimum Gasteiger partial charge on any atom is -0.297 e. The van der Waals surface area contributed by atoms with Crippen LogP contribution in [0.15, 0.2) is 0 Å². The van der Waals surface area contributed by atoms with Gasteiger partial charge in [-0.3, -0.25) is 35.1 Å². The highest BCUT2D eigenvalue weighted by Crippen LogP contribution is 2.21. The lowest BCUT2D eigenvalue weighted by molar-refractivity contribution is -0.970. The summed E-state index contributed by atoms with van der Waals surface area (Å²) in [5.74, 6) is -5.18. The molecule has 0 aromatic carbocycles. The van der Waals surface area contributed by atoms with Gasteiger partial charge in [-0.15, -0.1) is 0 Å².